The van der Waals surface area contributed by atoms with Crippen molar-refractivity contribution in [3.05, 3.63) is 11.6 Å². The third kappa shape index (κ3) is 5.10. The fraction of sp³-hybridized carbons (Fsp3) is 0.846. The fourth-order valence-electron chi connectivity index (χ4n) is 2.05. The summed E-state index contributed by atoms with van der Waals surface area (Å²) in [5.41, 5.74) is 1.40. The first-order valence-electron chi connectivity index (χ1n) is 6.34. The molecule has 0 saturated carbocycles. The van der Waals surface area contributed by atoms with Gasteiger partial charge in [-0.25, -0.2) is 0 Å². The Morgan fingerprint density at radius 3 is 2.56 bits per heavy atom. The molecule has 0 aromatic heterocycles. The number of nitrogens with one attached hydrogen (secondary N) is 1. The number of allylic oxidation sites excluding steroid dienone is 1. The van der Waals surface area contributed by atoms with Gasteiger partial charge >= 0.3 is 0 Å². The lowest BCUT2D eigenvalue weighted by Gasteiger charge is -2.33. The first kappa shape index (κ1) is 13.7. The van der Waals surface area contributed by atoms with Gasteiger partial charge in [0.2, 0.25) is 0 Å². The molecule has 1 saturated heterocycles. The van der Waals surface area contributed by atoms with Crippen LogP contribution in [0.25, 0.3) is 0 Å². The first-order valence-corrected chi connectivity index (χ1v) is 6.34. The molecule has 1 rings (SSSR count). The standard InChI is InChI=1S/C13H26N2O/c1-11(2)4-7-15-8-5-13(6-9-15)14-12(3)10-16/h4,12-14,16H,5-10H2,1-3H3/t12-/m0/s1. The van der Waals surface area contributed by atoms with Crippen molar-refractivity contribution in [3.8, 4) is 0 Å². The van der Waals surface area contributed by atoms with Crippen molar-refractivity contribution in [3.63, 3.8) is 0 Å². The Bertz CT molecular complexity index is 216. The van der Waals surface area contributed by atoms with Crippen LogP contribution in [0.1, 0.15) is 33.6 Å². The third-order valence-electron chi connectivity index (χ3n) is 3.14. The number of aliphatic hydroxyl groups is 1. The zero-order valence-corrected chi connectivity index (χ0v) is 10.9. The highest BCUT2D eigenvalue weighted by Crippen LogP contribution is 2.11. The molecule has 0 amide bonds. The van der Waals surface area contributed by atoms with E-state index in [0.29, 0.717) is 6.04 Å². The van der Waals surface area contributed by atoms with E-state index in [1.54, 1.807) is 0 Å². The second kappa shape index (κ2) is 7.05. The summed E-state index contributed by atoms with van der Waals surface area (Å²) in [6.07, 6.45) is 4.69. The van der Waals surface area contributed by atoms with Gasteiger partial charge in [0.05, 0.1) is 6.61 Å². The second-order valence-electron chi connectivity index (χ2n) is 5.11. The second-order valence-corrected chi connectivity index (χ2v) is 5.11. The van der Waals surface area contributed by atoms with Crippen LogP contribution in [0.5, 0.6) is 0 Å². The summed E-state index contributed by atoms with van der Waals surface area (Å²) in [6, 6.07) is 0.819. The number of hydrogen-bond acceptors (Lipinski definition) is 3. The van der Waals surface area contributed by atoms with E-state index in [4.69, 9.17) is 5.11 Å². The van der Waals surface area contributed by atoms with Gasteiger partial charge < -0.3 is 10.4 Å². The van der Waals surface area contributed by atoms with Gasteiger partial charge in [-0.1, -0.05) is 11.6 Å². The molecule has 1 fully saturated rings. The Labute approximate surface area is 99.5 Å². The summed E-state index contributed by atoms with van der Waals surface area (Å²) in [5, 5.41) is 12.4. The highest BCUT2D eigenvalue weighted by Gasteiger charge is 2.19. The van der Waals surface area contributed by atoms with Crippen LogP contribution in [0.2, 0.25) is 0 Å². The molecule has 3 nitrogen and oxygen atoms in total. The summed E-state index contributed by atoms with van der Waals surface area (Å²) in [7, 11) is 0. The van der Waals surface area contributed by atoms with Gasteiger partial charge in [-0.05, 0) is 46.7 Å². The van der Waals surface area contributed by atoms with E-state index in [0.717, 1.165) is 6.54 Å². The topological polar surface area (TPSA) is 35.5 Å². The van der Waals surface area contributed by atoms with Gasteiger partial charge in [0.15, 0.2) is 0 Å². The Kier molecular flexibility index (Phi) is 6.03. The molecule has 2 N–H and O–H groups in total. The molecule has 0 aliphatic carbocycles. The Hall–Kier alpha value is -0.380. The summed E-state index contributed by atoms with van der Waals surface area (Å²) < 4.78 is 0. The van der Waals surface area contributed by atoms with E-state index in [9.17, 15) is 0 Å². The molecular weight excluding hydrogens is 200 g/mol. The van der Waals surface area contributed by atoms with E-state index in [1.165, 1.54) is 31.5 Å². The molecule has 0 spiro atoms. The van der Waals surface area contributed by atoms with Gasteiger partial charge in [0.1, 0.15) is 0 Å². The highest BCUT2D eigenvalue weighted by molar-refractivity contribution is 4.95. The molecule has 0 radical (unpaired) electrons. The molecule has 1 atom stereocenters. The molecule has 94 valence electrons. The number of likely N-dealkylation sites (tertiary alicyclic amines) is 1. The van der Waals surface area contributed by atoms with Crippen molar-refractivity contribution < 1.29 is 5.11 Å². The van der Waals surface area contributed by atoms with Crippen molar-refractivity contribution in [2.24, 2.45) is 0 Å². The van der Waals surface area contributed by atoms with Crippen molar-refractivity contribution in [1.29, 1.82) is 0 Å². The monoisotopic (exact) mass is 226 g/mol. The van der Waals surface area contributed by atoms with E-state index < -0.39 is 0 Å². The summed E-state index contributed by atoms with van der Waals surface area (Å²) in [6.45, 7) is 9.99. The maximum atomic E-state index is 8.98. The summed E-state index contributed by atoms with van der Waals surface area (Å²) in [5.74, 6) is 0. The van der Waals surface area contributed by atoms with Crippen LogP contribution in [-0.2, 0) is 0 Å². The maximum absolute atomic E-state index is 8.98. The van der Waals surface area contributed by atoms with Crippen LogP contribution < -0.4 is 5.32 Å². The third-order valence-corrected chi connectivity index (χ3v) is 3.14. The largest absolute Gasteiger partial charge is 0.395 e. The molecule has 0 bridgehead atoms. The minimum Gasteiger partial charge on any atom is -0.395 e. The number of hydrogen-bond donors (Lipinski definition) is 2. The Morgan fingerprint density at radius 2 is 2.06 bits per heavy atom. The van der Waals surface area contributed by atoms with Gasteiger partial charge in [0, 0.05) is 18.6 Å². The molecule has 3 heteroatoms. The quantitative estimate of drug-likeness (QED) is 0.695. The van der Waals surface area contributed by atoms with E-state index in [2.05, 4.69) is 30.1 Å². The number of piperidine rings is 1. The van der Waals surface area contributed by atoms with Crippen LogP contribution >= 0.6 is 0 Å². The fourth-order valence-corrected chi connectivity index (χ4v) is 2.05. The van der Waals surface area contributed by atoms with E-state index in [1.807, 2.05) is 6.92 Å². The SMILES string of the molecule is CC(C)=CCN1CCC(N[C@@H](C)CO)CC1. The van der Waals surface area contributed by atoms with Crippen molar-refractivity contribution in [2.75, 3.05) is 26.2 Å². The first-order chi connectivity index (χ1) is 7.61. The summed E-state index contributed by atoms with van der Waals surface area (Å²) in [4.78, 5) is 2.49. The lowest BCUT2D eigenvalue weighted by molar-refractivity contribution is 0.186. The average Bonchev–Trinajstić information content (AvgIpc) is 2.28. The van der Waals surface area contributed by atoms with Crippen LogP contribution in [0.3, 0.4) is 0 Å². The van der Waals surface area contributed by atoms with Crippen molar-refractivity contribution >= 4 is 0 Å². The normalized spacial score (nSPS) is 20.8. The number of aliphatic hydroxyl groups excluding tert-OH is 1. The van der Waals surface area contributed by atoms with Crippen molar-refractivity contribution in [1.82, 2.24) is 10.2 Å². The van der Waals surface area contributed by atoms with Crippen molar-refractivity contribution in [2.45, 2.75) is 45.7 Å². The number of rotatable bonds is 5. The summed E-state index contributed by atoms with van der Waals surface area (Å²) >= 11 is 0. The number of nitrogens with zero attached hydrogens (tertiary/aromatic N) is 1. The van der Waals surface area contributed by atoms with Crippen LogP contribution in [-0.4, -0.2) is 48.3 Å². The highest BCUT2D eigenvalue weighted by atomic mass is 16.3. The van der Waals surface area contributed by atoms with Gasteiger partial charge in [0.25, 0.3) is 0 Å². The Morgan fingerprint density at radius 1 is 1.44 bits per heavy atom. The van der Waals surface area contributed by atoms with Crippen LogP contribution in [0.4, 0.5) is 0 Å². The molecule has 0 aromatic carbocycles. The zero-order chi connectivity index (χ0) is 12.0. The Balaban J connectivity index is 2.21. The lowest BCUT2D eigenvalue weighted by atomic mass is 10.0. The zero-order valence-electron chi connectivity index (χ0n) is 10.9. The average molecular weight is 226 g/mol. The molecular formula is C13H26N2O. The lowest BCUT2D eigenvalue weighted by Crippen LogP contribution is -2.46. The molecule has 16 heavy (non-hydrogen) atoms. The smallest absolute Gasteiger partial charge is 0.0582 e. The molecule has 0 unspecified atom stereocenters. The van der Waals surface area contributed by atoms with E-state index >= 15 is 0 Å². The molecule has 0 aromatic rings. The molecule has 1 aliphatic rings. The predicted octanol–water partition coefficient (Wildman–Crippen LogP) is 1.39. The van der Waals surface area contributed by atoms with Crippen LogP contribution in [0, 0.1) is 0 Å². The van der Waals surface area contributed by atoms with Gasteiger partial charge in [-0.2, -0.15) is 0 Å². The van der Waals surface area contributed by atoms with Crippen LogP contribution in [0.15, 0.2) is 11.6 Å². The minimum atomic E-state index is 0.231. The minimum absolute atomic E-state index is 0.231. The van der Waals surface area contributed by atoms with Gasteiger partial charge in [-0.15, -0.1) is 0 Å². The molecule has 1 aliphatic heterocycles. The van der Waals surface area contributed by atoms with E-state index in [-0.39, 0.29) is 12.6 Å². The van der Waals surface area contributed by atoms with Gasteiger partial charge in [-0.3, -0.25) is 4.90 Å². The predicted molar refractivity (Wildman–Crippen MR) is 68.6 cm³/mol. The maximum Gasteiger partial charge on any atom is 0.0582 e. The molecule has 1 heterocycles.